The van der Waals surface area contributed by atoms with Crippen molar-refractivity contribution in [3.8, 4) is 0 Å². The third-order valence-corrected chi connectivity index (χ3v) is 4.59. The van der Waals surface area contributed by atoms with E-state index in [1.165, 1.54) is 11.6 Å². The number of pyridine rings is 1. The van der Waals surface area contributed by atoms with E-state index in [2.05, 4.69) is 0 Å². The summed E-state index contributed by atoms with van der Waals surface area (Å²) in [7, 11) is 1.52. The van der Waals surface area contributed by atoms with Crippen molar-refractivity contribution in [2.45, 2.75) is 12.5 Å². The monoisotopic (exact) mass is 333 g/mol. The second-order valence-corrected chi connectivity index (χ2v) is 6.10. The predicted molar refractivity (Wildman–Crippen MR) is 92.9 cm³/mol. The molecular weight excluding hydrogens is 318 g/mol. The van der Waals surface area contributed by atoms with Gasteiger partial charge in [0.25, 0.3) is 5.56 Å². The van der Waals surface area contributed by atoms with Crippen LogP contribution >= 0.6 is 0 Å². The van der Waals surface area contributed by atoms with Gasteiger partial charge in [0.05, 0.1) is 0 Å². The summed E-state index contributed by atoms with van der Waals surface area (Å²) in [5.41, 5.74) is 1.32. The minimum atomic E-state index is -0.841. The topological polar surface area (TPSA) is 65.4 Å². The van der Waals surface area contributed by atoms with Crippen LogP contribution < -0.4 is 5.56 Å². The van der Waals surface area contributed by atoms with Crippen molar-refractivity contribution >= 4 is 22.5 Å². The first-order chi connectivity index (χ1) is 12.1. The number of rotatable bonds is 2. The number of hydrogen-bond acceptors (Lipinski definition) is 4. The van der Waals surface area contributed by atoms with Gasteiger partial charge < -0.3 is 9.30 Å². The molecule has 0 fully saturated rings. The van der Waals surface area contributed by atoms with Gasteiger partial charge in [0, 0.05) is 24.4 Å². The molecule has 1 heterocycles. The van der Waals surface area contributed by atoms with Gasteiger partial charge in [-0.25, -0.2) is 4.79 Å². The number of fused-ring (bicyclic) bond motifs is 2. The number of hydrogen-bond donors (Lipinski definition) is 0. The van der Waals surface area contributed by atoms with E-state index in [1.807, 2.05) is 12.1 Å². The molecule has 0 bridgehead atoms. The minimum Gasteiger partial charge on any atom is -0.449 e. The van der Waals surface area contributed by atoms with Gasteiger partial charge >= 0.3 is 5.97 Å². The van der Waals surface area contributed by atoms with Crippen LogP contribution in [0.15, 0.2) is 59.4 Å². The van der Waals surface area contributed by atoms with Crippen LogP contribution in [-0.2, 0) is 18.2 Å². The smallest absolute Gasteiger partial charge is 0.355 e. The van der Waals surface area contributed by atoms with E-state index in [4.69, 9.17) is 4.74 Å². The molecular formula is C20H15NO4. The van der Waals surface area contributed by atoms with E-state index >= 15 is 0 Å². The van der Waals surface area contributed by atoms with Crippen LogP contribution in [0, 0.1) is 0 Å². The normalized spacial score (nSPS) is 16.0. The van der Waals surface area contributed by atoms with Crippen molar-refractivity contribution in [1.82, 2.24) is 4.57 Å². The number of Topliss-reactive ketones (excluding diaryl/α,β-unsaturated/α-hetero) is 1. The highest BCUT2D eigenvalue weighted by Crippen LogP contribution is 2.25. The van der Waals surface area contributed by atoms with E-state index in [0.717, 1.165) is 5.56 Å². The Bertz CT molecular complexity index is 1080. The fraction of sp³-hybridized carbons (Fsp3) is 0.150. The second kappa shape index (κ2) is 5.70. The lowest BCUT2D eigenvalue weighted by Gasteiger charge is -2.13. The maximum Gasteiger partial charge on any atom is 0.355 e. The molecule has 1 atom stereocenters. The molecule has 1 unspecified atom stereocenters. The lowest BCUT2D eigenvalue weighted by Crippen LogP contribution is -2.29. The Hall–Kier alpha value is -3.21. The molecule has 124 valence electrons. The zero-order valence-corrected chi connectivity index (χ0v) is 13.6. The van der Waals surface area contributed by atoms with Gasteiger partial charge in [-0.1, -0.05) is 42.5 Å². The molecule has 4 rings (SSSR count). The van der Waals surface area contributed by atoms with Gasteiger partial charge in [0.15, 0.2) is 6.10 Å². The van der Waals surface area contributed by atoms with Gasteiger partial charge in [-0.15, -0.1) is 0 Å². The summed E-state index contributed by atoms with van der Waals surface area (Å²) < 4.78 is 6.69. The molecule has 0 N–H and O–H groups in total. The number of benzene rings is 2. The largest absolute Gasteiger partial charge is 0.449 e. The average molecular weight is 333 g/mol. The molecule has 1 aliphatic rings. The molecule has 25 heavy (non-hydrogen) atoms. The van der Waals surface area contributed by atoms with Gasteiger partial charge in [0.1, 0.15) is 5.69 Å². The predicted octanol–water partition coefficient (Wildman–Crippen LogP) is 2.50. The van der Waals surface area contributed by atoms with Crippen molar-refractivity contribution < 1.29 is 14.3 Å². The van der Waals surface area contributed by atoms with Crippen LogP contribution in [0.1, 0.15) is 26.4 Å². The first kappa shape index (κ1) is 15.3. The molecule has 1 aromatic heterocycles. The van der Waals surface area contributed by atoms with Crippen LogP contribution in [0.5, 0.6) is 0 Å². The molecule has 0 radical (unpaired) electrons. The Kier molecular flexibility index (Phi) is 3.50. The molecule has 0 aliphatic heterocycles. The maximum atomic E-state index is 12.6. The van der Waals surface area contributed by atoms with Crippen molar-refractivity contribution in [3.05, 3.63) is 81.8 Å². The fourth-order valence-corrected chi connectivity index (χ4v) is 3.24. The molecule has 5 heteroatoms. The highest BCUT2D eigenvalue weighted by molar-refractivity contribution is 6.05. The summed E-state index contributed by atoms with van der Waals surface area (Å²) >= 11 is 0. The summed E-state index contributed by atoms with van der Waals surface area (Å²) in [5, 5.41) is 1.20. The third-order valence-electron chi connectivity index (χ3n) is 4.59. The SMILES string of the molecule is Cn1c(C(=O)OC2Cc3ccccc3C2=O)cc2ccccc2c1=O. The van der Waals surface area contributed by atoms with Crippen molar-refractivity contribution in [1.29, 1.82) is 0 Å². The maximum absolute atomic E-state index is 12.6. The van der Waals surface area contributed by atoms with Gasteiger partial charge in [-0.2, -0.15) is 0 Å². The number of nitrogens with zero attached hydrogens (tertiary/aromatic N) is 1. The number of ketones is 1. The fourth-order valence-electron chi connectivity index (χ4n) is 3.24. The standard InChI is InChI=1S/C20H15NO4/c1-21-16(10-12-6-3-5-9-15(12)19(21)23)20(24)25-17-11-13-7-2-4-8-14(13)18(17)22/h2-10,17H,11H2,1H3. The zero-order chi connectivity index (χ0) is 17.6. The summed E-state index contributed by atoms with van der Waals surface area (Å²) in [6, 6.07) is 15.9. The van der Waals surface area contributed by atoms with E-state index in [9.17, 15) is 14.4 Å². The quantitative estimate of drug-likeness (QED) is 0.676. The second-order valence-electron chi connectivity index (χ2n) is 6.10. The zero-order valence-electron chi connectivity index (χ0n) is 13.6. The number of aromatic nitrogens is 1. The molecule has 1 aliphatic carbocycles. The van der Waals surface area contributed by atoms with E-state index in [1.54, 1.807) is 42.5 Å². The van der Waals surface area contributed by atoms with Crippen molar-refractivity contribution in [2.75, 3.05) is 0 Å². The lowest BCUT2D eigenvalue weighted by molar-refractivity contribution is 0.0294. The highest BCUT2D eigenvalue weighted by Gasteiger charge is 2.33. The number of ether oxygens (including phenoxy) is 1. The molecule has 2 aromatic carbocycles. The molecule has 0 saturated carbocycles. The Morgan fingerprint density at radius 1 is 1.08 bits per heavy atom. The molecule has 3 aromatic rings. The van der Waals surface area contributed by atoms with Crippen molar-refractivity contribution in [2.24, 2.45) is 7.05 Å². The molecule has 0 spiro atoms. The van der Waals surface area contributed by atoms with Crippen LogP contribution in [0.3, 0.4) is 0 Å². The summed E-state index contributed by atoms with van der Waals surface area (Å²) in [6.07, 6.45) is -0.478. The number of carbonyl (C=O) groups excluding carboxylic acids is 2. The summed E-state index contributed by atoms with van der Waals surface area (Å²) in [5.74, 6) is -0.869. The Labute approximate surface area is 143 Å². The third kappa shape index (κ3) is 2.45. The lowest BCUT2D eigenvalue weighted by atomic mass is 10.1. The van der Waals surface area contributed by atoms with Crippen LogP contribution in [0.2, 0.25) is 0 Å². The molecule has 0 amide bonds. The van der Waals surface area contributed by atoms with Gasteiger partial charge in [0.2, 0.25) is 5.78 Å². The molecule has 0 saturated heterocycles. The first-order valence-corrected chi connectivity index (χ1v) is 7.98. The van der Waals surface area contributed by atoms with E-state index in [0.29, 0.717) is 22.8 Å². The minimum absolute atomic E-state index is 0.132. The average Bonchev–Trinajstić information content (AvgIpc) is 2.94. The summed E-state index contributed by atoms with van der Waals surface area (Å²) in [4.78, 5) is 37.4. The van der Waals surface area contributed by atoms with Crippen LogP contribution in [-0.4, -0.2) is 22.4 Å². The highest BCUT2D eigenvalue weighted by atomic mass is 16.5. The van der Waals surface area contributed by atoms with E-state index in [-0.39, 0.29) is 17.0 Å². The first-order valence-electron chi connectivity index (χ1n) is 7.98. The van der Waals surface area contributed by atoms with E-state index < -0.39 is 12.1 Å². The number of carbonyl (C=O) groups is 2. The van der Waals surface area contributed by atoms with Crippen molar-refractivity contribution in [3.63, 3.8) is 0 Å². The van der Waals surface area contributed by atoms with Crippen LogP contribution in [0.4, 0.5) is 0 Å². The Morgan fingerprint density at radius 2 is 1.80 bits per heavy atom. The molecule has 5 nitrogen and oxygen atoms in total. The number of esters is 1. The Balaban J connectivity index is 1.67. The van der Waals surface area contributed by atoms with Gasteiger partial charge in [-0.3, -0.25) is 9.59 Å². The summed E-state index contributed by atoms with van der Waals surface area (Å²) in [6.45, 7) is 0. The van der Waals surface area contributed by atoms with Crippen LogP contribution in [0.25, 0.3) is 10.8 Å². The van der Waals surface area contributed by atoms with Gasteiger partial charge in [-0.05, 0) is 23.1 Å². The Morgan fingerprint density at radius 3 is 2.60 bits per heavy atom.